The Morgan fingerprint density at radius 2 is 1.42 bits per heavy atom. The van der Waals surface area contributed by atoms with Gasteiger partial charge in [0.15, 0.2) is 5.78 Å². The fourth-order valence-corrected chi connectivity index (χ4v) is 1.80. The van der Waals surface area contributed by atoms with Gasteiger partial charge >= 0.3 is 0 Å². The van der Waals surface area contributed by atoms with Gasteiger partial charge in [0.1, 0.15) is 0 Å². The number of aliphatic hydroxyl groups excluding tert-OH is 1. The van der Waals surface area contributed by atoms with Gasteiger partial charge in [-0.2, -0.15) is 0 Å². The van der Waals surface area contributed by atoms with Crippen molar-refractivity contribution < 1.29 is 103 Å². The van der Waals surface area contributed by atoms with Crippen LogP contribution < -0.4 is 0 Å². The molecule has 2 aromatic rings. The summed E-state index contributed by atoms with van der Waals surface area (Å²) in [5.74, 6) is 0.0776. The van der Waals surface area contributed by atoms with Crippen molar-refractivity contribution in [2.75, 3.05) is 0 Å². The van der Waals surface area contributed by atoms with Crippen molar-refractivity contribution in [3.05, 3.63) is 77.9 Å². The van der Waals surface area contributed by atoms with E-state index in [2.05, 4.69) is 12.1 Å². The van der Waals surface area contributed by atoms with Crippen molar-refractivity contribution in [3.8, 4) is 0 Å². The van der Waals surface area contributed by atoms with Gasteiger partial charge in [-0.15, -0.1) is 0 Å². The van der Waals surface area contributed by atoms with E-state index in [1.54, 1.807) is 13.0 Å². The molecule has 4 nitrogen and oxygen atoms in total. The first kappa shape index (κ1) is 34.0. The van der Waals surface area contributed by atoms with Crippen LogP contribution in [0.2, 0.25) is 0 Å². The molecule has 0 spiro atoms. The van der Waals surface area contributed by atoms with Gasteiger partial charge in [-0.05, 0) is 43.9 Å². The topological polar surface area (TPSA) is 100 Å². The van der Waals surface area contributed by atoms with E-state index in [1.165, 1.54) is 5.56 Å². The summed E-state index contributed by atoms with van der Waals surface area (Å²) < 4.78 is 0. The number of allylic oxidation sites excluding steroid dienone is 1. The molecule has 2 rings (SSSR count). The zero-order valence-electron chi connectivity index (χ0n) is 15.4. The van der Waals surface area contributed by atoms with Crippen molar-refractivity contribution in [1.29, 1.82) is 0 Å². The molecule has 0 saturated carbocycles. The van der Waals surface area contributed by atoms with Crippen molar-refractivity contribution in [1.82, 2.24) is 0 Å². The van der Waals surface area contributed by atoms with Gasteiger partial charge in [-0.25, -0.2) is 0 Å². The van der Waals surface area contributed by atoms with Crippen molar-refractivity contribution in [2.24, 2.45) is 0 Å². The molecule has 0 amide bonds. The van der Waals surface area contributed by atoms with Crippen molar-refractivity contribution in [2.45, 2.75) is 32.8 Å². The van der Waals surface area contributed by atoms with Gasteiger partial charge in [0, 0.05) is 82.6 Å². The van der Waals surface area contributed by atoms with E-state index in [0.29, 0.717) is 0 Å². The summed E-state index contributed by atoms with van der Waals surface area (Å²) in [6, 6.07) is 20.0. The molecular formula is C20H28O4Pr2. The molecule has 0 fully saturated rings. The smallest absolute Gasteiger partial charge is 0.152 e. The number of carbonyl (C=O) groups is 1. The van der Waals surface area contributed by atoms with Crippen LogP contribution >= 0.6 is 0 Å². The second-order valence-corrected chi connectivity index (χ2v) is 5.23. The zero-order chi connectivity index (χ0) is 16.2. The van der Waals surface area contributed by atoms with Gasteiger partial charge in [-0.3, -0.25) is 4.79 Å². The predicted molar refractivity (Wildman–Crippen MR) is 99.8 cm³/mol. The van der Waals surface area contributed by atoms with Crippen molar-refractivity contribution in [3.63, 3.8) is 0 Å². The molecule has 0 aromatic heterocycles. The Balaban J connectivity index is -0.000000161. The first-order valence-corrected chi connectivity index (χ1v) is 7.53. The summed E-state index contributed by atoms with van der Waals surface area (Å²) in [5.41, 5.74) is 2.36. The summed E-state index contributed by atoms with van der Waals surface area (Å²) in [6.07, 6.45) is 5.01. The normalized spacial score (nSPS) is 9.81. The van der Waals surface area contributed by atoms with E-state index >= 15 is 0 Å². The van der Waals surface area contributed by atoms with Crippen LogP contribution in [0.1, 0.15) is 31.4 Å². The number of aliphatic hydroxyl groups is 1. The minimum absolute atomic E-state index is 0. The van der Waals surface area contributed by atoms with E-state index < -0.39 is 0 Å². The quantitative estimate of drug-likeness (QED) is 0.525. The second kappa shape index (κ2) is 21.8. The monoisotopic (exact) mass is 614 g/mol. The van der Waals surface area contributed by atoms with Crippen LogP contribution in [0.3, 0.4) is 0 Å². The van der Waals surface area contributed by atoms with Gasteiger partial charge in [0.2, 0.25) is 0 Å². The van der Waals surface area contributed by atoms with Crippen LogP contribution in [0.5, 0.6) is 0 Å². The Morgan fingerprint density at radius 1 is 0.962 bits per heavy atom. The third-order valence-corrected chi connectivity index (χ3v) is 3.00. The maximum atomic E-state index is 10.5. The number of ketones is 1. The molecule has 2 aromatic carbocycles. The predicted octanol–water partition coefficient (Wildman–Crippen LogP) is 2.64. The molecule has 0 aliphatic rings. The second-order valence-electron chi connectivity index (χ2n) is 5.23. The Labute approximate surface area is 223 Å². The summed E-state index contributed by atoms with van der Waals surface area (Å²) in [6.45, 7) is 3.36. The summed E-state index contributed by atoms with van der Waals surface area (Å²) >= 11 is 0. The molecule has 0 aliphatic carbocycles. The van der Waals surface area contributed by atoms with E-state index in [4.69, 9.17) is 5.11 Å². The standard InChI is InChI=1S/C10H14O.C10H10O.2H2O.2Pr/c2*1-9(11)7-8-10-5-3-2-4-6-10;;;;/h2-6,9,11H,7-8H2,1H3;2-8H,1H3;2*1H2;;/b;8-7+;;;;. The van der Waals surface area contributed by atoms with E-state index in [9.17, 15) is 4.79 Å². The molecule has 0 heterocycles. The fourth-order valence-electron chi connectivity index (χ4n) is 1.80. The Kier molecular flexibility index (Phi) is 28.4. The zero-order valence-corrected chi connectivity index (χ0v) is 22.8. The molecule has 0 aliphatic heterocycles. The Bertz CT molecular complexity index is 573. The summed E-state index contributed by atoms with van der Waals surface area (Å²) in [7, 11) is 0. The SMILES string of the molecule is CC(=O)/C=C/c1ccccc1.CC(O)CCc1ccccc1.O.O.[Pr].[Pr]. The Morgan fingerprint density at radius 3 is 1.85 bits per heavy atom. The largest absolute Gasteiger partial charge is 0.412 e. The number of benzene rings is 2. The van der Waals surface area contributed by atoms with Crippen LogP contribution in [0.15, 0.2) is 66.7 Å². The number of rotatable bonds is 5. The summed E-state index contributed by atoms with van der Waals surface area (Å²) in [5, 5.41) is 9.01. The molecule has 26 heavy (non-hydrogen) atoms. The average molecular weight is 614 g/mol. The average Bonchev–Trinajstić information content (AvgIpc) is 2.53. The maximum absolute atomic E-state index is 10.5. The van der Waals surface area contributed by atoms with Crippen LogP contribution in [0.4, 0.5) is 0 Å². The number of hydrogen-bond acceptors (Lipinski definition) is 2. The molecule has 2 radical (unpaired) electrons. The van der Waals surface area contributed by atoms with Gasteiger partial charge in [-0.1, -0.05) is 66.7 Å². The molecule has 6 heteroatoms. The molecule has 1 atom stereocenters. The van der Waals surface area contributed by atoms with Crippen LogP contribution in [0.25, 0.3) is 6.08 Å². The van der Waals surface area contributed by atoms with Gasteiger partial charge in [0.25, 0.3) is 0 Å². The van der Waals surface area contributed by atoms with E-state index in [-0.39, 0.29) is 105 Å². The molecule has 0 saturated heterocycles. The molecule has 5 N–H and O–H groups in total. The van der Waals surface area contributed by atoms with E-state index in [0.717, 1.165) is 18.4 Å². The minimum atomic E-state index is -0.185. The minimum Gasteiger partial charge on any atom is -0.412 e. The first-order chi connectivity index (χ1) is 10.6. The van der Waals surface area contributed by atoms with Crippen LogP contribution in [-0.4, -0.2) is 27.9 Å². The molecule has 1 unspecified atom stereocenters. The van der Waals surface area contributed by atoms with Crippen LogP contribution in [-0.2, 0) is 11.2 Å². The molecular weight excluding hydrogens is 586 g/mol. The molecule has 0 bridgehead atoms. The van der Waals surface area contributed by atoms with Crippen molar-refractivity contribution >= 4 is 11.9 Å². The number of aryl methyl sites for hydroxylation is 1. The first-order valence-electron chi connectivity index (χ1n) is 7.53. The number of carbonyl (C=O) groups excluding carboxylic acids is 1. The van der Waals surface area contributed by atoms with Gasteiger partial charge < -0.3 is 16.1 Å². The maximum Gasteiger partial charge on any atom is 0.152 e. The third kappa shape index (κ3) is 19.2. The van der Waals surface area contributed by atoms with E-state index in [1.807, 2.05) is 61.5 Å². The summed E-state index contributed by atoms with van der Waals surface area (Å²) in [4.78, 5) is 10.5. The fraction of sp³-hybridized carbons (Fsp3) is 0.250. The number of hydrogen-bond donors (Lipinski definition) is 1. The third-order valence-electron chi connectivity index (χ3n) is 3.00. The Hall–Kier alpha value is 0.457. The molecule has 138 valence electrons. The van der Waals surface area contributed by atoms with Gasteiger partial charge in [0.05, 0.1) is 6.10 Å². The van der Waals surface area contributed by atoms with Crippen LogP contribution in [0, 0.1) is 82.6 Å².